The van der Waals surface area contributed by atoms with Gasteiger partial charge in [0.1, 0.15) is 22.3 Å². The lowest BCUT2D eigenvalue weighted by molar-refractivity contribution is 0.389. The summed E-state index contributed by atoms with van der Waals surface area (Å²) in [4.78, 5) is 24.0. The van der Waals surface area contributed by atoms with Gasteiger partial charge in [-0.3, -0.25) is 0 Å². The van der Waals surface area contributed by atoms with E-state index in [4.69, 9.17) is 21.3 Å². The van der Waals surface area contributed by atoms with Crippen molar-refractivity contribution in [2.45, 2.75) is 52.5 Å². The molecule has 0 spiro atoms. The van der Waals surface area contributed by atoms with Crippen LogP contribution >= 0.6 is 11.6 Å². The molecule has 5 heterocycles. The Morgan fingerprint density at radius 3 is 2.67 bits per heavy atom. The summed E-state index contributed by atoms with van der Waals surface area (Å²) in [7, 11) is 1.64. The summed E-state index contributed by atoms with van der Waals surface area (Å²) in [6, 6.07) is 4.27. The second kappa shape index (κ2) is 10.3. The van der Waals surface area contributed by atoms with Crippen molar-refractivity contribution >= 4 is 34.1 Å². The van der Waals surface area contributed by atoms with Crippen LogP contribution in [-0.4, -0.2) is 45.1 Å². The SMILES string of the molecule is CC[C@H](Nc1nc(C)nc(C)c1Cl)c1cc(-c2c[nH]c3ncc(N4CCCCC4)cc23)cnc1OC. The van der Waals surface area contributed by atoms with Crippen molar-refractivity contribution < 1.29 is 4.74 Å². The van der Waals surface area contributed by atoms with Gasteiger partial charge < -0.3 is 19.9 Å². The molecule has 0 aliphatic carbocycles. The molecule has 2 N–H and O–H groups in total. The van der Waals surface area contributed by atoms with Crippen LogP contribution in [0.2, 0.25) is 5.02 Å². The number of hydrogen-bond acceptors (Lipinski definition) is 7. The molecule has 4 aromatic rings. The fraction of sp³-hybridized carbons (Fsp3) is 0.407. The van der Waals surface area contributed by atoms with E-state index in [9.17, 15) is 0 Å². The first-order valence-electron chi connectivity index (χ1n) is 12.5. The smallest absolute Gasteiger partial charge is 0.218 e. The molecule has 0 unspecified atom stereocenters. The molecule has 0 bridgehead atoms. The Morgan fingerprint density at radius 1 is 1.11 bits per heavy atom. The number of aromatic nitrogens is 5. The molecule has 0 saturated carbocycles. The monoisotopic (exact) mass is 505 g/mol. The van der Waals surface area contributed by atoms with Crippen LogP contribution < -0.4 is 15.0 Å². The third-order valence-electron chi connectivity index (χ3n) is 6.84. The van der Waals surface area contributed by atoms with Gasteiger partial charge in [0.2, 0.25) is 5.88 Å². The quantitative estimate of drug-likeness (QED) is 0.307. The molecular weight excluding hydrogens is 474 g/mol. The van der Waals surface area contributed by atoms with E-state index < -0.39 is 0 Å². The number of hydrogen-bond donors (Lipinski definition) is 2. The van der Waals surface area contributed by atoms with Crippen LogP contribution in [0.3, 0.4) is 0 Å². The molecular formula is C27H32ClN7O. The van der Waals surface area contributed by atoms with Crippen molar-refractivity contribution in [1.29, 1.82) is 0 Å². The lowest BCUT2D eigenvalue weighted by Gasteiger charge is -2.28. The Labute approximate surface area is 216 Å². The van der Waals surface area contributed by atoms with E-state index in [1.54, 1.807) is 7.11 Å². The number of H-pyrrole nitrogens is 1. The number of rotatable bonds is 7. The third-order valence-corrected chi connectivity index (χ3v) is 7.30. The first-order chi connectivity index (χ1) is 17.5. The molecule has 0 aromatic carbocycles. The zero-order valence-electron chi connectivity index (χ0n) is 21.2. The standard InChI is InChI=1S/C27H32ClN7O/c1-5-23(34-26-24(28)16(2)32-17(3)33-26)21-11-18(13-31-27(21)36-4)22-15-30-25-20(22)12-19(14-29-25)35-9-7-6-8-10-35/h11-15,23H,5-10H2,1-4H3,(H,29,30)(H,32,33,34)/t23-/m0/s1. The number of anilines is 2. The molecule has 1 saturated heterocycles. The number of halogens is 1. The summed E-state index contributed by atoms with van der Waals surface area (Å²) < 4.78 is 5.66. The lowest BCUT2D eigenvalue weighted by atomic mass is 10.00. The molecule has 8 nitrogen and oxygen atoms in total. The summed E-state index contributed by atoms with van der Waals surface area (Å²) in [5.41, 5.74) is 5.78. The van der Waals surface area contributed by atoms with Gasteiger partial charge in [-0.15, -0.1) is 0 Å². The lowest BCUT2D eigenvalue weighted by Crippen LogP contribution is -2.29. The molecule has 1 aliphatic rings. The van der Waals surface area contributed by atoms with Crippen LogP contribution in [0.5, 0.6) is 5.88 Å². The molecule has 1 fully saturated rings. The van der Waals surface area contributed by atoms with Gasteiger partial charge in [-0.25, -0.2) is 19.9 Å². The topological polar surface area (TPSA) is 91.9 Å². The first kappa shape index (κ1) is 24.3. The molecule has 0 amide bonds. The Morgan fingerprint density at radius 2 is 1.92 bits per heavy atom. The number of nitrogens with one attached hydrogen (secondary N) is 2. The highest BCUT2D eigenvalue weighted by atomic mass is 35.5. The largest absolute Gasteiger partial charge is 0.481 e. The van der Waals surface area contributed by atoms with Gasteiger partial charge in [-0.2, -0.15) is 0 Å². The molecule has 4 aromatic heterocycles. The average Bonchev–Trinajstić information content (AvgIpc) is 3.33. The number of aromatic amines is 1. The van der Waals surface area contributed by atoms with Gasteiger partial charge >= 0.3 is 0 Å². The normalized spacial score (nSPS) is 14.8. The van der Waals surface area contributed by atoms with E-state index in [1.807, 2.05) is 32.4 Å². The minimum absolute atomic E-state index is 0.106. The van der Waals surface area contributed by atoms with E-state index >= 15 is 0 Å². The number of fused-ring (bicyclic) bond motifs is 1. The second-order valence-electron chi connectivity index (χ2n) is 9.29. The average molecular weight is 506 g/mol. The molecule has 9 heteroatoms. The summed E-state index contributed by atoms with van der Waals surface area (Å²) in [5, 5.41) is 5.11. The van der Waals surface area contributed by atoms with Crippen LogP contribution in [0, 0.1) is 13.8 Å². The van der Waals surface area contributed by atoms with Crippen LogP contribution in [0.1, 0.15) is 55.7 Å². The van der Waals surface area contributed by atoms with Gasteiger partial charge in [0.15, 0.2) is 0 Å². The zero-order chi connectivity index (χ0) is 25.2. The number of ether oxygens (including phenoxy) is 1. The highest BCUT2D eigenvalue weighted by Crippen LogP contribution is 2.36. The predicted octanol–water partition coefficient (Wildman–Crippen LogP) is 6.25. The van der Waals surface area contributed by atoms with Crippen molar-refractivity contribution in [2.24, 2.45) is 0 Å². The van der Waals surface area contributed by atoms with Gasteiger partial charge in [-0.1, -0.05) is 18.5 Å². The van der Waals surface area contributed by atoms with Crippen molar-refractivity contribution in [1.82, 2.24) is 24.9 Å². The number of methoxy groups -OCH3 is 1. The summed E-state index contributed by atoms with van der Waals surface area (Å²) in [6.45, 7) is 8.01. The Kier molecular flexibility index (Phi) is 6.96. The van der Waals surface area contributed by atoms with Gasteiger partial charge in [0.25, 0.3) is 0 Å². The number of aryl methyl sites for hydroxylation is 2. The number of pyridine rings is 2. The maximum atomic E-state index is 6.53. The van der Waals surface area contributed by atoms with E-state index in [-0.39, 0.29) is 6.04 Å². The Balaban J connectivity index is 1.53. The maximum Gasteiger partial charge on any atom is 0.218 e. The summed E-state index contributed by atoms with van der Waals surface area (Å²) in [6.07, 6.45) is 10.4. The fourth-order valence-corrected chi connectivity index (χ4v) is 5.09. The van der Waals surface area contributed by atoms with E-state index in [0.717, 1.165) is 52.9 Å². The summed E-state index contributed by atoms with van der Waals surface area (Å²) >= 11 is 6.53. The molecule has 1 aliphatic heterocycles. The predicted molar refractivity (Wildman–Crippen MR) is 145 cm³/mol. The molecule has 0 radical (unpaired) electrons. The maximum absolute atomic E-state index is 6.53. The van der Waals surface area contributed by atoms with Crippen LogP contribution in [-0.2, 0) is 0 Å². The Bertz CT molecular complexity index is 1380. The van der Waals surface area contributed by atoms with Gasteiger partial charge in [0, 0.05) is 47.6 Å². The van der Waals surface area contributed by atoms with Crippen molar-refractivity contribution in [2.75, 3.05) is 30.4 Å². The van der Waals surface area contributed by atoms with Crippen molar-refractivity contribution in [3.63, 3.8) is 0 Å². The van der Waals surface area contributed by atoms with E-state index in [2.05, 4.69) is 49.2 Å². The molecule has 5 rings (SSSR count). The summed E-state index contributed by atoms with van der Waals surface area (Å²) in [5.74, 6) is 1.86. The third kappa shape index (κ3) is 4.69. The van der Waals surface area contributed by atoms with E-state index in [0.29, 0.717) is 22.5 Å². The number of piperidine rings is 1. The molecule has 1 atom stereocenters. The highest BCUT2D eigenvalue weighted by molar-refractivity contribution is 6.33. The minimum Gasteiger partial charge on any atom is -0.481 e. The van der Waals surface area contributed by atoms with Crippen LogP contribution in [0.25, 0.3) is 22.2 Å². The fourth-order valence-electron chi connectivity index (χ4n) is 4.95. The van der Waals surface area contributed by atoms with Crippen molar-refractivity contribution in [3.8, 4) is 17.0 Å². The van der Waals surface area contributed by atoms with Gasteiger partial charge in [0.05, 0.1) is 30.7 Å². The number of nitrogens with zero attached hydrogens (tertiary/aromatic N) is 5. The Hall–Kier alpha value is -3.39. The first-order valence-corrected chi connectivity index (χ1v) is 12.9. The minimum atomic E-state index is -0.106. The van der Waals surface area contributed by atoms with Crippen molar-refractivity contribution in [3.05, 3.63) is 52.8 Å². The van der Waals surface area contributed by atoms with Crippen LogP contribution in [0.15, 0.2) is 30.7 Å². The zero-order valence-corrected chi connectivity index (χ0v) is 22.0. The van der Waals surface area contributed by atoms with E-state index in [1.165, 1.54) is 24.9 Å². The highest BCUT2D eigenvalue weighted by Gasteiger charge is 2.21. The van der Waals surface area contributed by atoms with Crippen LogP contribution in [0.4, 0.5) is 11.5 Å². The molecule has 36 heavy (non-hydrogen) atoms. The molecule has 188 valence electrons. The van der Waals surface area contributed by atoms with Gasteiger partial charge in [-0.05, 0) is 51.7 Å². The second-order valence-corrected chi connectivity index (χ2v) is 9.66.